The maximum Gasteiger partial charge on any atom is 0.153 e. The first-order chi connectivity index (χ1) is 14.9. The molecule has 1 fully saturated rings. The number of aliphatic hydroxyl groups excluding tert-OH is 1. The van der Waals surface area contributed by atoms with Gasteiger partial charge in [0.05, 0.1) is 0 Å². The van der Waals surface area contributed by atoms with Gasteiger partial charge < -0.3 is 19.7 Å². The van der Waals surface area contributed by atoms with Gasteiger partial charge in [0.15, 0.2) is 5.76 Å². The fourth-order valence-corrected chi connectivity index (χ4v) is 4.35. The van der Waals surface area contributed by atoms with Gasteiger partial charge in [-0.15, -0.1) is 0 Å². The van der Waals surface area contributed by atoms with Crippen molar-refractivity contribution in [2.45, 2.75) is 51.2 Å². The minimum atomic E-state index is -0.612. The van der Waals surface area contributed by atoms with Crippen LogP contribution >= 0.6 is 0 Å². The highest BCUT2D eigenvalue weighted by atomic mass is 16.6. The van der Waals surface area contributed by atoms with Crippen molar-refractivity contribution >= 4 is 16.7 Å². The molecule has 1 heterocycles. The Morgan fingerprint density at radius 3 is 2.58 bits per heavy atom. The van der Waals surface area contributed by atoms with E-state index >= 15 is 0 Å². The molecule has 164 valence electrons. The number of hydrogen-bond donors (Lipinski definition) is 2. The molecule has 4 rings (SSSR count). The molecule has 1 aliphatic carbocycles. The van der Waals surface area contributed by atoms with Gasteiger partial charge in [0.25, 0.3) is 0 Å². The summed E-state index contributed by atoms with van der Waals surface area (Å²) in [7, 11) is 0. The smallest absolute Gasteiger partial charge is 0.153 e. The van der Waals surface area contributed by atoms with Crippen LogP contribution in [0.2, 0.25) is 0 Å². The first kappa shape index (κ1) is 21.6. The van der Waals surface area contributed by atoms with Crippen LogP contribution in [0, 0.1) is 5.92 Å². The van der Waals surface area contributed by atoms with Crippen molar-refractivity contribution in [3.05, 3.63) is 72.0 Å². The van der Waals surface area contributed by atoms with E-state index in [2.05, 4.69) is 47.7 Å². The van der Waals surface area contributed by atoms with Crippen LogP contribution in [0.25, 0.3) is 11.0 Å². The zero-order valence-electron chi connectivity index (χ0n) is 18.5. The van der Waals surface area contributed by atoms with Gasteiger partial charge in [-0.25, -0.2) is 0 Å². The fourth-order valence-electron chi connectivity index (χ4n) is 4.35. The lowest BCUT2D eigenvalue weighted by Crippen LogP contribution is -2.42. The number of nitrogens with one attached hydrogen (secondary N) is 1. The maximum atomic E-state index is 10.2. The number of rotatable bonds is 9. The summed E-state index contributed by atoms with van der Waals surface area (Å²) in [5.74, 6) is 0.993. The van der Waals surface area contributed by atoms with E-state index in [4.69, 9.17) is 9.25 Å². The zero-order chi connectivity index (χ0) is 21.8. The molecule has 0 spiro atoms. The number of oxime groups is 1. The summed E-state index contributed by atoms with van der Waals surface area (Å²) in [6, 6.07) is 21.0. The molecule has 1 aliphatic rings. The minimum Gasteiger partial charge on any atom is -0.455 e. The number of hydrogen-bond acceptors (Lipinski definition) is 5. The standard InChI is InChI=1S/C26H32N2O3/c1-18(2)27-16-22(29)17-30-28-25(24-13-19-9-7-8-12-23(19)31-24)20-14-26(3,15-20)21-10-5-4-6-11-21/h4-13,18,20,22,27,29H,14-17H2,1-3H3/b28-25+. The number of benzene rings is 2. The molecule has 1 unspecified atom stereocenters. The molecule has 0 amide bonds. The Kier molecular flexibility index (Phi) is 6.44. The third-order valence-electron chi connectivity index (χ3n) is 6.12. The van der Waals surface area contributed by atoms with Crippen LogP contribution < -0.4 is 5.32 Å². The van der Waals surface area contributed by atoms with E-state index in [-0.39, 0.29) is 17.9 Å². The summed E-state index contributed by atoms with van der Waals surface area (Å²) in [5, 5.41) is 18.9. The van der Waals surface area contributed by atoms with Gasteiger partial charge >= 0.3 is 0 Å². The van der Waals surface area contributed by atoms with E-state index in [9.17, 15) is 5.11 Å². The number of fused-ring (bicyclic) bond motifs is 1. The average molecular weight is 421 g/mol. The van der Waals surface area contributed by atoms with Crippen molar-refractivity contribution in [1.29, 1.82) is 0 Å². The second kappa shape index (κ2) is 9.25. The highest BCUT2D eigenvalue weighted by molar-refractivity contribution is 6.03. The van der Waals surface area contributed by atoms with Crippen molar-refractivity contribution in [3.8, 4) is 0 Å². The molecule has 0 radical (unpaired) electrons. The van der Waals surface area contributed by atoms with Crippen LogP contribution in [0.5, 0.6) is 0 Å². The Morgan fingerprint density at radius 2 is 1.87 bits per heavy atom. The summed E-state index contributed by atoms with van der Waals surface area (Å²) in [6.45, 7) is 7.02. The molecular formula is C26H32N2O3. The van der Waals surface area contributed by atoms with Crippen LogP contribution in [-0.2, 0) is 10.3 Å². The normalized spacial score (nSPS) is 22.5. The first-order valence-electron chi connectivity index (χ1n) is 11.1. The molecule has 1 saturated carbocycles. The summed E-state index contributed by atoms with van der Waals surface area (Å²) >= 11 is 0. The third-order valence-corrected chi connectivity index (χ3v) is 6.12. The highest BCUT2D eigenvalue weighted by Crippen LogP contribution is 2.49. The van der Waals surface area contributed by atoms with Crippen LogP contribution in [0.15, 0.2) is 70.2 Å². The Balaban J connectivity index is 1.51. The van der Waals surface area contributed by atoms with E-state index in [1.807, 2.05) is 44.2 Å². The van der Waals surface area contributed by atoms with Crippen LogP contribution in [0.1, 0.15) is 44.9 Å². The average Bonchev–Trinajstić information content (AvgIpc) is 3.18. The minimum absolute atomic E-state index is 0.124. The predicted molar refractivity (Wildman–Crippen MR) is 124 cm³/mol. The predicted octanol–water partition coefficient (Wildman–Crippen LogP) is 4.88. The van der Waals surface area contributed by atoms with E-state index in [0.29, 0.717) is 12.6 Å². The zero-order valence-corrected chi connectivity index (χ0v) is 18.5. The third kappa shape index (κ3) is 5.00. The molecule has 0 bridgehead atoms. The van der Waals surface area contributed by atoms with Crippen molar-refractivity contribution in [2.75, 3.05) is 13.2 Å². The summed E-state index contributed by atoms with van der Waals surface area (Å²) < 4.78 is 6.11. The topological polar surface area (TPSA) is 67.0 Å². The lowest BCUT2D eigenvalue weighted by atomic mass is 9.58. The maximum absolute atomic E-state index is 10.2. The van der Waals surface area contributed by atoms with Crippen molar-refractivity contribution in [2.24, 2.45) is 11.1 Å². The van der Waals surface area contributed by atoms with Gasteiger partial charge in [0.2, 0.25) is 0 Å². The molecule has 0 saturated heterocycles. The van der Waals surface area contributed by atoms with Crippen molar-refractivity contribution in [1.82, 2.24) is 5.32 Å². The molecular weight excluding hydrogens is 388 g/mol. The molecule has 0 aliphatic heterocycles. The number of aliphatic hydroxyl groups is 1. The van der Waals surface area contributed by atoms with Gasteiger partial charge in [-0.2, -0.15) is 0 Å². The highest BCUT2D eigenvalue weighted by Gasteiger charge is 2.45. The van der Waals surface area contributed by atoms with E-state index in [1.54, 1.807) is 0 Å². The molecule has 2 aromatic carbocycles. The van der Waals surface area contributed by atoms with Crippen LogP contribution in [0.4, 0.5) is 0 Å². The van der Waals surface area contributed by atoms with Gasteiger partial charge in [-0.3, -0.25) is 0 Å². The molecule has 1 atom stereocenters. The largest absolute Gasteiger partial charge is 0.455 e. The molecule has 5 nitrogen and oxygen atoms in total. The molecule has 2 N–H and O–H groups in total. The van der Waals surface area contributed by atoms with Gasteiger partial charge in [0, 0.05) is 23.9 Å². The van der Waals surface area contributed by atoms with E-state index < -0.39 is 6.10 Å². The Morgan fingerprint density at radius 1 is 1.16 bits per heavy atom. The lowest BCUT2D eigenvalue weighted by Gasteiger charge is -2.45. The Bertz CT molecular complexity index is 986. The quantitative estimate of drug-likeness (QED) is 0.382. The first-order valence-corrected chi connectivity index (χ1v) is 11.1. The molecule has 3 aromatic rings. The molecule has 1 aromatic heterocycles. The number of para-hydroxylation sites is 1. The Hall–Kier alpha value is -2.63. The summed E-state index contributed by atoms with van der Waals surface area (Å²) in [4.78, 5) is 5.61. The summed E-state index contributed by atoms with van der Waals surface area (Å²) in [5.41, 5.74) is 3.15. The fraction of sp³-hybridized carbons (Fsp3) is 0.423. The second-order valence-corrected chi connectivity index (χ2v) is 9.17. The van der Waals surface area contributed by atoms with Crippen LogP contribution in [0.3, 0.4) is 0 Å². The van der Waals surface area contributed by atoms with Gasteiger partial charge in [0.1, 0.15) is 24.0 Å². The van der Waals surface area contributed by atoms with Crippen LogP contribution in [-0.4, -0.2) is 36.1 Å². The monoisotopic (exact) mass is 420 g/mol. The number of furan rings is 1. The van der Waals surface area contributed by atoms with Crippen molar-refractivity contribution in [3.63, 3.8) is 0 Å². The van der Waals surface area contributed by atoms with E-state index in [0.717, 1.165) is 35.3 Å². The molecule has 31 heavy (non-hydrogen) atoms. The van der Waals surface area contributed by atoms with Gasteiger partial charge in [-0.05, 0) is 36.0 Å². The lowest BCUT2D eigenvalue weighted by molar-refractivity contribution is 0.0377. The second-order valence-electron chi connectivity index (χ2n) is 9.17. The number of nitrogens with zero attached hydrogens (tertiary/aromatic N) is 1. The summed E-state index contributed by atoms with van der Waals surface area (Å²) in [6.07, 6.45) is 1.35. The van der Waals surface area contributed by atoms with Gasteiger partial charge in [-0.1, -0.05) is 74.5 Å². The molecule has 5 heteroatoms. The van der Waals surface area contributed by atoms with Crippen molar-refractivity contribution < 1.29 is 14.4 Å². The SMILES string of the molecule is CC(C)NCC(O)CO/N=C(/c1cc2ccccc2o1)C1CC(C)(c2ccccc2)C1. The van der Waals surface area contributed by atoms with E-state index in [1.165, 1.54) is 5.56 Å². The Labute approximate surface area is 184 Å².